The third kappa shape index (κ3) is 4.10. The Hall–Kier alpha value is -2.35. The third-order valence-corrected chi connectivity index (χ3v) is 6.42. The lowest BCUT2D eigenvalue weighted by Crippen LogP contribution is -2.19. The number of unbranched alkanes of at least 4 members (excludes halogenated alkanes) is 1. The van der Waals surface area contributed by atoms with Crippen LogP contribution in [0.3, 0.4) is 0 Å². The average Bonchev–Trinajstić information content (AvgIpc) is 3.33. The molecule has 0 saturated heterocycles. The van der Waals surface area contributed by atoms with Crippen LogP contribution in [0.4, 0.5) is 0 Å². The molecule has 0 atom stereocenters. The summed E-state index contributed by atoms with van der Waals surface area (Å²) in [5.74, 6) is 0.779. The smallest absolute Gasteiger partial charge is 0.302 e. The summed E-state index contributed by atoms with van der Waals surface area (Å²) in [5, 5.41) is 1.70. The Morgan fingerprint density at radius 3 is 2.80 bits per heavy atom. The number of hydrogen-bond donors (Lipinski definition) is 0. The van der Waals surface area contributed by atoms with Crippen molar-refractivity contribution in [2.24, 2.45) is 7.05 Å². The van der Waals surface area contributed by atoms with Gasteiger partial charge in [-0.05, 0) is 24.1 Å². The van der Waals surface area contributed by atoms with Crippen LogP contribution in [0.5, 0.6) is 5.75 Å². The van der Waals surface area contributed by atoms with Crippen LogP contribution in [0.15, 0.2) is 41.6 Å². The summed E-state index contributed by atoms with van der Waals surface area (Å²) in [5.41, 5.74) is 1.28. The zero-order valence-electron chi connectivity index (χ0n) is 16.6. The molecule has 0 N–H and O–H groups in total. The highest BCUT2D eigenvalue weighted by Gasteiger charge is 2.20. The summed E-state index contributed by atoms with van der Waals surface area (Å²) < 4.78 is 9.16. The topological polar surface area (TPSA) is 61.4 Å². The number of halogens is 2. The van der Waals surface area contributed by atoms with Crippen molar-refractivity contribution in [1.82, 2.24) is 18.9 Å². The first-order valence-corrected chi connectivity index (χ1v) is 11.1. The van der Waals surface area contributed by atoms with Gasteiger partial charge >= 0.3 is 5.56 Å². The number of imidazole rings is 1. The number of fused-ring (bicyclic) bond motifs is 1. The van der Waals surface area contributed by atoms with Gasteiger partial charge in [0.25, 0.3) is 0 Å². The number of ether oxygens (including phenoxy) is 1. The first-order chi connectivity index (χ1) is 14.5. The first kappa shape index (κ1) is 20.9. The van der Waals surface area contributed by atoms with E-state index in [-0.39, 0.29) is 11.3 Å². The number of nitrogens with zero attached hydrogens (tertiary/aromatic N) is 4. The van der Waals surface area contributed by atoms with E-state index in [2.05, 4.69) is 11.9 Å². The molecule has 0 radical (unpaired) electrons. The van der Waals surface area contributed by atoms with Crippen molar-refractivity contribution >= 4 is 40.3 Å². The van der Waals surface area contributed by atoms with E-state index >= 15 is 0 Å². The monoisotopic (exact) mass is 462 g/mol. The normalized spacial score (nSPS) is 11.3. The third-order valence-electron chi connectivity index (χ3n) is 4.67. The standard InChI is InChI=1S/C21H20Cl2N4O2S/c1-3-4-9-29-18-17(25-21-26(2)7-8-27(21)20(18)28)19-24-12-14(30-19)10-13-5-6-15(22)16(23)11-13/h5-8,11-12H,3-4,9-10H2,1-2H3. The van der Waals surface area contributed by atoms with E-state index in [1.165, 1.54) is 15.7 Å². The molecular formula is C21H20Cl2N4O2S. The Kier molecular flexibility index (Phi) is 6.13. The highest BCUT2D eigenvalue weighted by Crippen LogP contribution is 2.31. The Morgan fingerprint density at radius 1 is 1.20 bits per heavy atom. The molecule has 0 spiro atoms. The molecule has 0 bridgehead atoms. The van der Waals surface area contributed by atoms with Crippen molar-refractivity contribution in [3.05, 3.63) is 67.6 Å². The number of hydrogen-bond acceptors (Lipinski definition) is 5. The molecule has 0 aliphatic carbocycles. The predicted molar refractivity (Wildman–Crippen MR) is 121 cm³/mol. The number of benzene rings is 1. The van der Waals surface area contributed by atoms with Crippen molar-refractivity contribution in [2.75, 3.05) is 6.61 Å². The van der Waals surface area contributed by atoms with Crippen LogP contribution in [0.2, 0.25) is 10.0 Å². The minimum atomic E-state index is -0.229. The van der Waals surface area contributed by atoms with E-state index in [1.807, 2.05) is 19.2 Å². The van der Waals surface area contributed by atoms with Gasteiger partial charge < -0.3 is 9.30 Å². The number of rotatable bonds is 7. The lowest BCUT2D eigenvalue weighted by molar-refractivity contribution is 0.305. The van der Waals surface area contributed by atoms with Crippen molar-refractivity contribution < 1.29 is 4.74 Å². The van der Waals surface area contributed by atoms with Crippen LogP contribution < -0.4 is 10.3 Å². The second-order valence-electron chi connectivity index (χ2n) is 6.93. The van der Waals surface area contributed by atoms with Gasteiger partial charge in [0.1, 0.15) is 5.01 Å². The summed E-state index contributed by atoms with van der Waals surface area (Å²) in [4.78, 5) is 23.3. The van der Waals surface area contributed by atoms with E-state index in [4.69, 9.17) is 32.9 Å². The molecule has 3 heterocycles. The maximum atomic E-state index is 13.0. The van der Waals surface area contributed by atoms with Crippen molar-refractivity contribution in [1.29, 1.82) is 0 Å². The summed E-state index contributed by atoms with van der Waals surface area (Å²) in [6, 6.07) is 5.57. The molecule has 0 aliphatic heterocycles. The molecule has 9 heteroatoms. The molecule has 6 nitrogen and oxygen atoms in total. The fourth-order valence-corrected chi connectivity index (χ4v) is 4.32. The highest BCUT2D eigenvalue weighted by atomic mass is 35.5. The summed E-state index contributed by atoms with van der Waals surface area (Å²) >= 11 is 13.6. The first-order valence-electron chi connectivity index (χ1n) is 9.57. The summed E-state index contributed by atoms with van der Waals surface area (Å²) in [6.07, 6.45) is 7.78. The predicted octanol–water partition coefficient (Wildman–Crippen LogP) is 5.23. The van der Waals surface area contributed by atoms with Crippen LogP contribution in [-0.4, -0.2) is 25.5 Å². The summed E-state index contributed by atoms with van der Waals surface area (Å²) in [6.45, 7) is 2.53. The molecule has 4 rings (SSSR count). The zero-order chi connectivity index (χ0) is 21.3. The van der Waals surface area contributed by atoms with Crippen LogP contribution in [0.1, 0.15) is 30.2 Å². The molecule has 0 unspecified atom stereocenters. The Balaban J connectivity index is 1.73. The van der Waals surface area contributed by atoms with Gasteiger partial charge in [-0.1, -0.05) is 42.6 Å². The van der Waals surface area contributed by atoms with Gasteiger partial charge in [0, 0.05) is 36.9 Å². The second-order valence-corrected chi connectivity index (χ2v) is 8.86. The molecular weight excluding hydrogens is 443 g/mol. The molecule has 0 saturated carbocycles. The molecule has 3 aromatic heterocycles. The quantitative estimate of drug-likeness (QED) is 0.352. The van der Waals surface area contributed by atoms with Crippen LogP contribution in [-0.2, 0) is 13.5 Å². The van der Waals surface area contributed by atoms with E-state index in [0.717, 1.165) is 23.3 Å². The fraction of sp³-hybridized carbons (Fsp3) is 0.286. The van der Waals surface area contributed by atoms with Gasteiger partial charge in [-0.25, -0.2) is 14.4 Å². The molecule has 156 valence electrons. The van der Waals surface area contributed by atoms with Crippen LogP contribution in [0, 0.1) is 0 Å². The maximum Gasteiger partial charge on any atom is 0.302 e. The Bertz CT molecular complexity index is 1260. The molecule has 0 amide bonds. The van der Waals surface area contributed by atoms with Gasteiger partial charge in [0.15, 0.2) is 5.69 Å². The van der Waals surface area contributed by atoms with Crippen molar-refractivity contribution in [3.63, 3.8) is 0 Å². The van der Waals surface area contributed by atoms with Crippen molar-refractivity contribution in [2.45, 2.75) is 26.2 Å². The second kappa shape index (κ2) is 8.79. The molecule has 4 aromatic rings. The minimum absolute atomic E-state index is 0.229. The molecule has 0 aliphatic rings. The number of aryl methyl sites for hydroxylation is 1. The van der Waals surface area contributed by atoms with E-state index < -0.39 is 0 Å². The van der Waals surface area contributed by atoms with Crippen molar-refractivity contribution in [3.8, 4) is 16.5 Å². The van der Waals surface area contributed by atoms with Crippen LogP contribution >= 0.6 is 34.5 Å². The Morgan fingerprint density at radius 2 is 2.03 bits per heavy atom. The number of aromatic nitrogens is 4. The Labute approximate surface area is 187 Å². The maximum absolute atomic E-state index is 13.0. The van der Waals surface area contributed by atoms with E-state index in [9.17, 15) is 4.79 Å². The molecule has 1 aromatic carbocycles. The van der Waals surface area contributed by atoms with Gasteiger partial charge in [-0.3, -0.25) is 4.79 Å². The van der Waals surface area contributed by atoms with Gasteiger partial charge in [0.2, 0.25) is 11.5 Å². The largest absolute Gasteiger partial charge is 0.486 e. The SMILES string of the molecule is CCCCOc1c(-c2ncc(Cc3ccc(Cl)c(Cl)c3)s2)nc2n(C)ccn2c1=O. The zero-order valence-corrected chi connectivity index (χ0v) is 18.9. The molecule has 30 heavy (non-hydrogen) atoms. The fourth-order valence-electron chi connectivity index (χ4n) is 3.07. The van der Waals surface area contributed by atoms with Gasteiger partial charge in [-0.15, -0.1) is 11.3 Å². The van der Waals surface area contributed by atoms with Gasteiger partial charge in [0.05, 0.1) is 16.7 Å². The average molecular weight is 463 g/mol. The molecule has 0 fully saturated rings. The van der Waals surface area contributed by atoms with E-state index in [0.29, 0.717) is 39.6 Å². The summed E-state index contributed by atoms with van der Waals surface area (Å²) in [7, 11) is 1.85. The van der Waals surface area contributed by atoms with E-state index in [1.54, 1.807) is 29.2 Å². The lowest BCUT2D eigenvalue weighted by Gasteiger charge is -2.09. The van der Waals surface area contributed by atoms with Gasteiger partial charge in [-0.2, -0.15) is 0 Å². The number of thiazole rings is 1. The minimum Gasteiger partial charge on any atom is -0.486 e. The lowest BCUT2D eigenvalue weighted by atomic mass is 10.1. The highest BCUT2D eigenvalue weighted by molar-refractivity contribution is 7.15. The van der Waals surface area contributed by atoms with Crippen LogP contribution in [0.25, 0.3) is 16.5 Å².